The van der Waals surface area contributed by atoms with Crippen molar-refractivity contribution in [1.29, 1.82) is 0 Å². The van der Waals surface area contributed by atoms with Crippen LogP contribution in [0.2, 0.25) is 0 Å². The zero-order valence-electron chi connectivity index (χ0n) is 10.2. The molecule has 0 aliphatic carbocycles. The Morgan fingerprint density at radius 1 is 1.20 bits per heavy atom. The minimum Gasteiger partial charge on any atom is -0.478 e. The molecule has 102 valence electrons. The van der Waals surface area contributed by atoms with Gasteiger partial charge in [-0.05, 0) is 23.8 Å². The number of hydrogen-bond acceptors (Lipinski definition) is 4. The summed E-state index contributed by atoms with van der Waals surface area (Å²) in [5.41, 5.74) is 1.34. The third kappa shape index (κ3) is 4.21. The number of aromatic nitrogens is 1. The Morgan fingerprint density at radius 2 is 1.95 bits per heavy atom. The number of carboxylic acid groups (broad SMARTS) is 1. The van der Waals surface area contributed by atoms with E-state index in [1.165, 1.54) is 17.4 Å². The molecule has 0 saturated carbocycles. The SMILES string of the molecule is O=C(O)/C=C/c1ccc(NC(=O)Nc2nccs2)cc1. The number of benzene rings is 1. The first-order valence-electron chi connectivity index (χ1n) is 5.62. The number of aliphatic carboxylic acids is 1. The fraction of sp³-hybridized carbons (Fsp3) is 0. The van der Waals surface area contributed by atoms with Gasteiger partial charge < -0.3 is 10.4 Å². The summed E-state index contributed by atoms with van der Waals surface area (Å²) in [7, 11) is 0. The molecule has 1 aromatic heterocycles. The lowest BCUT2D eigenvalue weighted by Crippen LogP contribution is -2.19. The molecule has 0 aliphatic rings. The van der Waals surface area contributed by atoms with Crippen molar-refractivity contribution in [3.8, 4) is 0 Å². The second kappa shape index (κ2) is 6.48. The summed E-state index contributed by atoms with van der Waals surface area (Å²) in [5, 5.41) is 16.0. The highest BCUT2D eigenvalue weighted by molar-refractivity contribution is 7.13. The molecule has 1 aromatic carbocycles. The third-order valence-electron chi connectivity index (χ3n) is 2.24. The van der Waals surface area contributed by atoms with Crippen LogP contribution in [0.4, 0.5) is 15.6 Å². The second-order valence-electron chi connectivity index (χ2n) is 3.71. The molecule has 0 unspecified atom stereocenters. The van der Waals surface area contributed by atoms with E-state index in [1.807, 2.05) is 0 Å². The summed E-state index contributed by atoms with van der Waals surface area (Å²) in [6, 6.07) is 6.40. The van der Waals surface area contributed by atoms with Gasteiger partial charge in [-0.3, -0.25) is 5.32 Å². The number of nitrogens with one attached hydrogen (secondary N) is 2. The van der Waals surface area contributed by atoms with Crippen LogP contribution < -0.4 is 10.6 Å². The van der Waals surface area contributed by atoms with Crippen molar-refractivity contribution >= 4 is 40.2 Å². The van der Waals surface area contributed by atoms with Crippen LogP contribution in [0.3, 0.4) is 0 Å². The molecule has 0 bridgehead atoms. The van der Waals surface area contributed by atoms with Crippen molar-refractivity contribution in [2.45, 2.75) is 0 Å². The van der Waals surface area contributed by atoms with Gasteiger partial charge in [0.2, 0.25) is 0 Å². The molecular formula is C13H11N3O3S. The molecule has 0 atom stereocenters. The van der Waals surface area contributed by atoms with E-state index < -0.39 is 5.97 Å². The van der Waals surface area contributed by atoms with E-state index in [0.29, 0.717) is 10.8 Å². The lowest BCUT2D eigenvalue weighted by Gasteiger charge is -2.05. The van der Waals surface area contributed by atoms with E-state index >= 15 is 0 Å². The summed E-state index contributed by atoms with van der Waals surface area (Å²) >= 11 is 1.33. The topological polar surface area (TPSA) is 91.3 Å². The highest BCUT2D eigenvalue weighted by atomic mass is 32.1. The summed E-state index contributed by atoms with van der Waals surface area (Å²) in [4.78, 5) is 25.9. The molecule has 2 rings (SSSR count). The van der Waals surface area contributed by atoms with Crippen LogP contribution in [0, 0.1) is 0 Å². The number of thiazole rings is 1. The van der Waals surface area contributed by atoms with Gasteiger partial charge in [0.05, 0.1) is 0 Å². The number of carbonyl (C=O) groups is 2. The van der Waals surface area contributed by atoms with Crippen LogP contribution in [0.15, 0.2) is 41.9 Å². The first-order valence-corrected chi connectivity index (χ1v) is 6.50. The maximum atomic E-state index is 11.6. The fourth-order valence-corrected chi connectivity index (χ4v) is 1.91. The van der Waals surface area contributed by atoms with Crippen LogP contribution in [0.1, 0.15) is 5.56 Å². The molecule has 6 nitrogen and oxygen atoms in total. The predicted molar refractivity (Wildman–Crippen MR) is 77.9 cm³/mol. The number of carbonyl (C=O) groups excluding carboxylic acids is 1. The van der Waals surface area contributed by atoms with Gasteiger partial charge in [0.1, 0.15) is 0 Å². The Hall–Kier alpha value is -2.67. The number of carboxylic acids is 1. The van der Waals surface area contributed by atoms with Crippen molar-refractivity contribution < 1.29 is 14.7 Å². The molecule has 2 aromatic rings. The van der Waals surface area contributed by atoms with Crippen LogP contribution in [0.25, 0.3) is 6.08 Å². The molecule has 0 aliphatic heterocycles. The van der Waals surface area contributed by atoms with E-state index in [2.05, 4.69) is 15.6 Å². The lowest BCUT2D eigenvalue weighted by molar-refractivity contribution is -0.131. The number of urea groups is 1. The van der Waals surface area contributed by atoms with Gasteiger partial charge >= 0.3 is 12.0 Å². The molecular weight excluding hydrogens is 278 g/mol. The van der Waals surface area contributed by atoms with Crippen molar-refractivity contribution in [1.82, 2.24) is 4.98 Å². The predicted octanol–water partition coefficient (Wildman–Crippen LogP) is 2.88. The van der Waals surface area contributed by atoms with E-state index in [0.717, 1.165) is 11.6 Å². The monoisotopic (exact) mass is 289 g/mol. The van der Waals surface area contributed by atoms with Gasteiger partial charge in [-0.15, -0.1) is 11.3 Å². The van der Waals surface area contributed by atoms with Crippen LogP contribution >= 0.6 is 11.3 Å². The molecule has 20 heavy (non-hydrogen) atoms. The van der Waals surface area contributed by atoms with Gasteiger partial charge in [-0.2, -0.15) is 0 Å². The normalized spacial score (nSPS) is 10.4. The standard InChI is InChI=1S/C13H11N3O3S/c17-11(18)6-3-9-1-4-10(5-2-9)15-12(19)16-13-14-7-8-20-13/h1-8H,(H,17,18)(H2,14,15,16,19)/b6-3+. The average Bonchev–Trinajstić information content (AvgIpc) is 2.90. The van der Waals surface area contributed by atoms with Crippen molar-refractivity contribution in [2.75, 3.05) is 10.6 Å². The highest BCUT2D eigenvalue weighted by Crippen LogP contribution is 2.13. The molecule has 0 saturated heterocycles. The lowest BCUT2D eigenvalue weighted by atomic mass is 10.2. The Kier molecular flexibility index (Phi) is 4.46. The number of anilines is 2. The van der Waals surface area contributed by atoms with Gasteiger partial charge in [0.25, 0.3) is 0 Å². The van der Waals surface area contributed by atoms with E-state index in [1.54, 1.807) is 35.8 Å². The van der Waals surface area contributed by atoms with E-state index in [4.69, 9.17) is 5.11 Å². The summed E-state index contributed by atoms with van der Waals surface area (Å²) in [6.45, 7) is 0. The van der Waals surface area contributed by atoms with Crippen LogP contribution in [0.5, 0.6) is 0 Å². The Morgan fingerprint density at radius 3 is 2.55 bits per heavy atom. The number of hydrogen-bond donors (Lipinski definition) is 3. The minimum absolute atomic E-state index is 0.381. The molecule has 0 radical (unpaired) electrons. The smallest absolute Gasteiger partial charge is 0.328 e. The summed E-state index contributed by atoms with van der Waals surface area (Å²) < 4.78 is 0. The van der Waals surface area contributed by atoms with E-state index in [-0.39, 0.29) is 6.03 Å². The van der Waals surface area contributed by atoms with Crippen molar-refractivity contribution in [3.63, 3.8) is 0 Å². The number of amides is 2. The van der Waals surface area contributed by atoms with Gasteiger partial charge in [0.15, 0.2) is 5.13 Å². The zero-order valence-corrected chi connectivity index (χ0v) is 11.1. The summed E-state index contributed by atoms with van der Waals surface area (Å²) in [6.07, 6.45) is 4.13. The quantitative estimate of drug-likeness (QED) is 0.755. The van der Waals surface area contributed by atoms with E-state index in [9.17, 15) is 9.59 Å². The van der Waals surface area contributed by atoms with Crippen molar-refractivity contribution in [3.05, 3.63) is 47.5 Å². The number of rotatable bonds is 4. The Balaban J connectivity index is 1.93. The first kappa shape index (κ1) is 13.8. The molecule has 1 heterocycles. The fourth-order valence-electron chi connectivity index (χ4n) is 1.39. The van der Waals surface area contributed by atoms with Gasteiger partial charge in [-0.25, -0.2) is 14.6 Å². The average molecular weight is 289 g/mol. The number of nitrogens with zero attached hydrogens (tertiary/aromatic N) is 1. The zero-order chi connectivity index (χ0) is 14.4. The third-order valence-corrected chi connectivity index (χ3v) is 2.93. The van der Waals surface area contributed by atoms with Gasteiger partial charge in [-0.1, -0.05) is 12.1 Å². The Bertz CT molecular complexity index is 621. The maximum absolute atomic E-state index is 11.6. The molecule has 3 N–H and O–H groups in total. The second-order valence-corrected chi connectivity index (χ2v) is 4.60. The minimum atomic E-state index is -1.00. The first-order chi connectivity index (χ1) is 9.63. The largest absolute Gasteiger partial charge is 0.478 e. The molecule has 2 amide bonds. The molecule has 0 fully saturated rings. The Labute approximate surface area is 118 Å². The molecule has 0 spiro atoms. The molecule has 7 heteroatoms. The van der Waals surface area contributed by atoms with Crippen molar-refractivity contribution in [2.24, 2.45) is 0 Å². The maximum Gasteiger partial charge on any atom is 0.328 e. The summed E-state index contributed by atoms with van der Waals surface area (Å²) in [5.74, 6) is -1.00. The van der Waals surface area contributed by atoms with Crippen LogP contribution in [-0.4, -0.2) is 22.1 Å². The highest BCUT2D eigenvalue weighted by Gasteiger charge is 2.03. The van der Waals surface area contributed by atoms with Gasteiger partial charge in [0, 0.05) is 23.3 Å². The van der Waals surface area contributed by atoms with Crippen LogP contribution in [-0.2, 0) is 4.79 Å².